The third-order valence-electron chi connectivity index (χ3n) is 6.62. The first-order chi connectivity index (χ1) is 17.5. The van der Waals surface area contributed by atoms with Gasteiger partial charge in [0.1, 0.15) is 10.6 Å². The van der Waals surface area contributed by atoms with Crippen LogP contribution in [0.4, 0.5) is 5.00 Å². The Morgan fingerprint density at radius 1 is 0.972 bits per heavy atom. The van der Waals surface area contributed by atoms with Crippen LogP contribution in [-0.2, 0) is 22.4 Å². The second kappa shape index (κ2) is 10.1. The van der Waals surface area contributed by atoms with Gasteiger partial charge in [-0.2, -0.15) is 0 Å². The van der Waals surface area contributed by atoms with E-state index in [1.165, 1.54) is 28.9 Å². The summed E-state index contributed by atoms with van der Waals surface area (Å²) in [7, 11) is 0. The Morgan fingerprint density at radius 3 is 2.36 bits per heavy atom. The van der Waals surface area contributed by atoms with Crippen LogP contribution in [0.1, 0.15) is 68.4 Å². The molecule has 3 aromatic rings. The third-order valence-corrected chi connectivity index (χ3v) is 7.52. The minimum absolute atomic E-state index is 0.0457. The summed E-state index contributed by atoms with van der Waals surface area (Å²) in [6.07, 6.45) is 4.34. The van der Waals surface area contributed by atoms with Gasteiger partial charge >= 0.3 is 5.97 Å². The van der Waals surface area contributed by atoms with Gasteiger partial charge in [-0.05, 0) is 61.4 Å². The Kier molecular flexibility index (Phi) is 6.69. The summed E-state index contributed by atoms with van der Waals surface area (Å²) < 4.78 is 5.31. The second-order valence-electron chi connectivity index (χ2n) is 8.87. The van der Waals surface area contributed by atoms with Crippen molar-refractivity contribution in [2.24, 2.45) is 0 Å². The van der Waals surface area contributed by atoms with E-state index in [1.807, 2.05) is 11.4 Å². The van der Waals surface area contributed by atoms with Crippen molar-refractivity contribution in [3.63, 3.8) is 0 Å². The molecule has 5 rings (SSSR count). The van der Waals surface area contributed by atoms with E-state index >= 15 is 0 Å². The van der Waals surface area contributed by atoms with E-state index in [0.29, 0.717) is 21.7 Å². The summed E-state index contributed by atoms with van der Waals surface area (Å²) in [6, 6.07) is 12.9. The lowest BCUT2D eigenvalue weighted by Crippen LogP contribution is -2.32. The largest absolute Gasteiger partial charge is 0.462 e. The van der Waals surface area contributed by atoms with Crippen LogP contribution < -0.4 is 5.32 Å². The molecule has 0 fully saturated rings. The Bertz CT molecular complexity index is 1340. The van der Waals surface area contributed by atoms with E-state index in [1.54, 1.807) is 31.2 Å². The predicted octanol–water partition coefficient (Wildman–Crippen LogP) is 5.10. The molecule has 0 unspecified atom stereocenters. The highest BCUT2D eigenvalue weighted by atomic mass is 32.1. The van der Waals surface area contributed by atoms with E-state index < -0.39 is 23.7 Å². The van der Waals surface area contributed by atoms with Gasteiger partial charge in [-0.3, -0.25) is 19.3 Å². The van der Waals surface area contributed by atoms with Crippen molar-refractivity contribution >= 4 is 40.0 Å². The molecule has 1 N–H and O–H groups in total. The van der Waals surface area contributed by atoms with Crippen molar-refractivity contribution < 1.29 is 23.9 Å². The van der Waals surface area contributed by atoms with Gasteiger partial charge in [-0.25, -0.2) is 4.79 Å². The van der Waals surface area contributed by atoms with E-state index in [9.17, 15) is 19.2 Å². The molecule has 3 amide bonds. The molecule has 1 aliphatic carbocycles. The maximum absolute atomic E-state index is 12.9. The van der Waals surface area contributed by atoms with Gasteiger partial charge in [0.05, 0.1) is 17.7 Å². The number of amides is 3. The maximum atomic E-state index is 12.9. The molecule has 7 nitrogen and oxygen atoms in total. The molecular formula is C28H26N2O5S. The molecule has 2 heterocycles. The molecule has 1 aliphatic heterocycles. The zero-order valence-electron chi connectivity index (χ0n) is 20.0. The fraction of sp³-hybridized carbons (Fsp3) is 0.286. The lowest BCUT2D eigenvalue weighted by atomic mass is 9.89. The Hall–Kier alpha value is -3.78. The smallest absolute Gasteiger partial charge is 0.341 e. The molecule has 0 saturated heterocycles. The number of carbonyl (C=O) groups is 4. The number of thiophene rings is 1. The maximum Gasteiger partial charge on any atom is 0.341 e. The number of nitrogens with one attached hydrogen (secondary N) is 1. The number of ether oxygens (including phenoxy) is 1. The fourth-order valence-corrected chi connectivity index (χ4v) is 5.79. The number of rotatable bonds is 7. The average Bonchev–Trinajstić information content (AvgIpc) is 3.41. The standard InChI is InChI=1S/C28H26N2O5S/c1-2-35-28(34)24-22(19-12-11-17-7-3-4-8-18(17)15-19)16-36-25(24)29-23(31)13-14-30-26(32)20-9-5-6-10-21(20)27(30)33/h5-6,9-12,15-16H,2-4,7-8,13-14H2,1H3,(H,29,31). The van der Waals surface area contributed by atoms with Crippen LogP contribution in [0, 0.1) is 0 Å². The number of carbonyl (C=O) groups excluding carboxylic acids is 4. The first-order valence-electron chi connectivity index (χ1n) is 12.1. The Balaban J connectivity index is 1.34. The number of hydrogen-bond donors (Lipinski definition) is 1. The van der Waals surface area contributed by atoms with E-state index in [2.05, 4.69) is 17.4 Å². The number of esters is 1. The number of aryl methyl sites for hydroxylation is 2. The van der Waals surface area contributed by atoms with Crippen molar-refractivity contribution in [1.82, 2.24) is 4.90 Å². The molecular weight excluding hydrogens is 476 g/mol. The molecule has 184 valence electrons. The summed E-state index contributed by atoms with van der Waals surface area (Å²) in [5.41, 5.74) is 5.31. The van der Waals surface area contributed by atoms with E-state index in [-0.39, 0.29) is 19.6 Å². The molecule has 8 heteroatoms. The molecule has 0 radical (unpaired) electrons. The Morgan fingerprint density at radius 2 is 1.67 bits per heavy atom. The molecule has 1 aromatic heterocycles. The van der Waals surface area contributed by atoms with Crippen LogP contribution in [0.2, 0.25) is 0 Å². The quantitative estimate of drug-likeness (QED) is 0.359. The zero-order chi connectivity index (χ0) is 25.2. The second-order valence-corrected chi connectivity index (χ2v) is 9.75. The number of imide groups is 1. The summed E-state index contributed by atoms with van der Waals surface area (Å²) >= 11 is 1.26. The number of anilines is 1. The van der Waals surface area contributed by atoms with Crippen LogP contribution in [0.25, 0.3) is 11.1 Å². The SMILES string of the molecule is CCOC(=O)c1c(-c2ccc3c(c2)CCCC3)csc1NC(=O)CCN1C(=O)c2ccccc2C1=O. The van der Waals surface area contributed by atoms with Gasteiger partial charge in [-0.15, -0.1) is 11.3 Å². The van der Waals surface area contributed by atoms with E-state index in [4.69, 9.17) is 4.74 Å². The van der Waals surface area contributed by atoms with E-state index in [0.717, 1.165) is 35.3 Å². The van der Waals surface area contributed by atoms with Crippen LogP contribution in [-0.4, -0.2) is 41.7 Å². The summed E-state index contributed by atoms with van der Waals surface area (Å²) in [5.74, 6) is -1.69. The molecule has 2 aliphatic rings. The average molecular weight is 503 g/mol. The number of fused-ring (bicyclic) bond motifs is 2. The van der Waals surface area contributed by atoms with Crippen LogP contribution in [0.5, 0.6) is 0 Å². The minimum atomic E-state index is -0.498. The summed E-state index contributed by atoms with van der Waals surface area (Å²) in [4.78, 5) is 52.0. The topological polar surface area (TPSA) is 92.8 Å². The first-order valence-corrected chi connectivity index (χ1v) is 13.0. The van der Waals surface area contributed by atoms with Crippen molar-refractivity contribution in [1.29, 1.82) is 0 Å². The predicted molar refractivity (Wildman–Crippen MR) is 137 cm³/mol. The highest BCUT2D eigenvalue weighted by Crippen LogP contribution is 2.38. The molecule has 0 atom stereocenters. The van der Waals surface area contributed by atoms with Gasteiger partial charge in [0.15, 0.2) is 0 Å². The zero-order valence-corrected chi connectivity index (χ0v) is 20.8. The Labute approximate surface area is 213 Å². The van der Waals surface area contributed by atoms with Crippen molar-refractivity contribution in [2.45, 2.75) is 39.0 Å². The lowest BCUT2D eigenvalue weighted by molar-refractivity contribution is -0.116. The van der Waals surface area contributed by atoms with Crippen molar-refractivity contribution in [3.05, 3.63) is 75.7 Å². The van der Waals surface area contributed by atoms with Crippen LogP contribution >= 0.6 is 11.3 Å². The van der Waals surface area contributed by atoms with Gasteiger partial charge < -0.3 is 10.1 Å². The fourth-order valence-electron chi connectivity index (χ4n) is 4.81. The molecule has 0 saturated carbocycles. The third kappa shape index (κ3) is 4.44. The number of hydrogen-bond acceptors (Lipinski definition) is 6. The van der Waals surface area contributed by atoms with Gasteiger partial charge in [-0.1, -0.05) is 30.3 Å². The van der Waals surface area contributed by atoms with Gasteiger partial charge in [0.25, 0.3) is 11.8 Å². The monoisotopic (exact) mass is 502 g/mol. The van der Waals surface area contributed by atoms with Crippen molar-refractivity contribution in [2.75, 3.05) is 18.5 Å². The normalized spacial score (nSPS) is 14.4. The summed E-state index contributed by atoms with van der Waals surface area (Å²) in [6.45, 7) is 1.91. The minimum Gasteiger partial charge on any atom is -0.462 e. The first kappa shape index (κ1) is 23.9. The molecule has 0 bridgehead atoms. The van der Waals surface area contributed by atoms with Crippen LogP contribution in [0.3, 0.4) is 0 Å². The highest BCUT2D eigenvalue weighted by molar-refractivity contribution is 7.15. The van der Waals surface area contributed by atoms with Gasteiger partial charge in [0.2, 0.25) is 5.91 Å². The van der Waals surface area contributed by atoms with Crippen LogP contribution in [0.15, 0.2) is 47.8 Å². The summed E-state index contributed by atoms with van der Waals surface area (Å²) in [5, 5.41) is 5.06. The van der Waals surface area contributed by atoms with Crippen molar-refractivity contribution in [3.8, 4) is 11.1 Å². The highest BCUT2D eigenvalue weighted by Gasteiger charge is 2.35. The lowest BCUT2D eigenvalue weighted by Gasteiger charge is -2.17. The van der Waals surface area contributed by atoms with Gasteiger partial charge in [0, 0.05) is 23.9 Å². The molecule has 0 spiro atoms. The molecule has 2 aromatic carbocycles. The molecule has 36 heavy (non-hydrogen) atoms. The number of nitrogens with zero attached hydrogens (tertiary/aromatic N) is 1. The number of benzene rings is 2.